The van der Waals surface area contributed by atoms with E-state index >= 15 is 0 Å². The van der Waals surface area contributed by atoms with E-state index in [1.54, 1.807) is 0 Å². The molecule has 2 aliphatic heterocycles. The molecule has 0 atom stereocenters. The molecule has 1 aromatic carbocycles. The van der Waals surface area contributed by atoms with Gasteiger partial charge in [-0.3, -0.25) is 4.79 Å². The average Bonchev–Trinajstić information content (AvgIpc) is 2.65. The maximum atomic E-state index is 12.4. The number of nitriles is 2. The van der Waals surface area contributed by atoms with Crippen molar-refractivity contribution in [2.24, 2.45) is 0 Å². The van der Waals surface area contributed by atoms with Crippen molar-refractivity contribution in [1.29, 1.82) is 10.5 Å². The molecule has 3 N–H and O–H groups in total. The van der Waals surface area contributed by atoms with E-state index in [2.05, 4.69) is 55.8 Å². The summed E-state index contributed by atoms with van der Waals surface area (Å²) in [5.41, 5.74) is 10.1. The first-order valence-electron chi connectivity index (χ1n) is 9.91. The highest BCUT2D eigenvalue weighted by Gasteiger charge is 2.40. The smallest absolute Gasteiger partial charge is 0.268 e. The number of rotatable bonds is 1. The van der Waals surface area contributed by atoms with Crippen LogP contribution in [0.1, 0.15) is 62.8 Å². The Morgan fingerprint density at radius 1 is 1.00 bits per heavy atom. The van der Waals surface area contributed by atoms with E-state index in [0.717, 1.165) is 31.5 Å². The first-order chi connectivity index (χ1) is 13.6. The summed E-state index contributed by atoms with van der Waals surface area (Å²) in [6.45, 7) is 11.0. The Morgan fingerprint density at radius 2 is 1.52 bits per heavy atom. The van der Waals surface area contributed by atoms with Crippen molar-refractivity contribution in [2.45, 2.75) is 51.4 Å². The zero-order valence-electron chi connectivity index (χ0n) is 17.3. The van der Waals surface area contributed by atoms with E-state index in [1.807, 2.05) is 6.07 Å². The van der Waals surface area contributed by atoms with Crippen LogP contribution < -0.4 is 16.2 Å². The summed E-state index contributed by atoms with van der Waals surface area (Å²) in [6, 6.07) is 8.19. The molecule has 29 heavy (non-hydrogen) atoms. The van der Waals surface area contributed by atoms with Gasteiger partial charge in [-0.25, -0.2) is 0 Å². The first kappa shape index (κ1) is 19.1. The van der Waals surface area contributed by atoms with Gasteiger partial charge in [-0.15, -0.1) is 0 Å². The highest BCUT2D eigenvalue weighted by Crippen LogP contribution is 2.50. The molecule has 0 bridgehead atoms. The molecule has 0 spiro atoms. The van der Waals surface area contributed by atoms with Crippen LogP contribution in [0.15, 0.2) is 16.9 Å². The number of benzene rings is 1. The minimum atomic E-state index is -0.564. The number of H-pyrrole nitrogens is 1. The summed E-state index contributed by atoms with van der Waals surface area (Å²) in [6.07, 6.45) is 2.05. The van der Waals surface area contributed by atoms with Crippen molar-refractivity contribution in [2.75, 3.05) is 23.7 Å². The normalized spacial score (nSPS) is 18.5. The minimum absolute atomic E-state index is 0.00184. The van der Waals surface area contributed by atoms with Crippen molar-refractivity contribution in [3.8, 4) is 23.3 Å². The second-order valence-corrected chi connectivity index (χ2v) is 9.39. The quantitative estimate of drug-likeness (QED) is 0.778. The number of aromatic amines is 1. The van der Waals surface area contributed by atoms with E-state index in [1.165, 1.54) is 16.8 Å². The Morgan fingerprint density at radius 3 is 2.00 bits per heavy atom. The summed E-state index contributed by atoms with van der Waals surface area (Å²) in [5.74, 6) is -0.00184. The van der Waals surface area contributed by atoms with Crippen molar-refractivity contribution < 1.29 is 0 Å². The van der Waals surface area contributed by atoms with Gasteiger partial charge in [0.25, 0.3) is 5.56 Å². The maximum Gasteiger partial charge on any atom is 0.268 e. The van der Waals surface area contributed by atoms with Crippen LogP contribution in [0.25, 0.3) is 11.1 Å². The number of anilines is 2. The second kappa shape index (κ2) is 6.12. The summed E-state index contributed by atoms with van der Waals surface area (Å²) >= 11 is 0. The molecule has 2 aromatic rings. The van der Waals surface area contributed by atoms with E-state index in [-0.39, 0.29) is 27.8 Å². The highest BCUT2D eigenvalue weighted by atomic mass is 16.1. The zero-order chi connectivity index (χ0) is 21.1. The van der Waals surface area contributed by atoms with E-state index in [9.17, 15) is 15.3 Å². The Bertz CT molecular complexity index is 1130. The van der Waals surface area contributed by atoms with Gasteiger partial charge in [0.15, 0.2) is 0 Å². The zero-order valence-corrected chi connectivity index (χ0v) is 17.3. The molecule has 0 unspecified atom stereocenters. The van der Waals surface area contributed by atoms with Crippen molar-refractivity contribution in [1.82, 2.24) is 4.98 Å². The lowest BCUT2D eigenvalue weighted by Gasteiger charge is -2.48. The molecular formula is C23H25N5O. The third kappa shape index (κ3) is 2.71. The number of hydrogen-bond donors (Lipinski definition) is 2. The fraction of sp³-hybridized carbons (Fsp3) is 0.435. The van der Waals surface area contributed by atoms with Gasteiger partial charge in [0.05, 0.1) is 0 Å². The van der Waals surface area contributed by atoms with E-state index in [0.29, 0.717) is 5.56 Å². The molecule has 6 nitrogen and oxygen atoms in total. The fourth-order valence-corrected chi connectivity index (χ4v) is 4.72. The third-order valence-electron chi connectivity index (χ3n) is 6.65. The molecule has 0 aliphatic carbocycles. The maximum absolute atomic E-state index is 12.4. The van der Waals surface area contributed by atoms with Gasteiger partial charge in [0.1, 0.15) is 29.1 Å². The molecule has 148 valence electrons. The van der Waals surface area contributed by atoms with Gasteiger partial charge in [-0.05, 0) is 52.5 Å². The number of pyridine rings is 1. The number of nitrogen functional groups attached to an aromatic ring is 1. The van der Waals surface area contributed by atoms with Crippen molar-refractivity contribution >= 4 is 11.5 Å². The molecule has 2 aliphatic rings. The monoisotopic (exact) mass is 387 g/mol. The molecular weight excluding hydrogens is 362 g/mol. The topological polar surface area (TPSA) is 110 Å². The Labute approximate surface area is 170 Å². The van der Waals surface area contributed by atoms with Gasteiger partial charge in [0.2, 0.25) is 0 Å². The molecule has 6 heteroatoms. The van der Waals surface area contributed by atoms with Crippen LogP contribution in [0.3, 0.4) is 0 Å². The predicted molar refractivity (Wildman–Crippen MR) is 114 cm³/mol. The standard InChI is InChI=1S/C23H25N5O/c1-22(2)5-7-28-8-6-23(3,4)17-10-13(9-16(22)19(17)28)18-14(11-24)20(26)27-21(29)15(18)12-25/h9-10H,5-8H2,1-4H3,(H3,26,27,29). The summed E-state index contributed by atoms with van der Waals surface area (Å²) < 4.78 is 0. The van der Waals surface area contributed by atoms with Crippen LogP contribution in [-0.4, -0.2) is 18.1 Å². The summed E-state index contributed by atoms with van der Waals surface area (Å²) in [7, 11) is 0. The summed E-state index contributed by atoms with van der Waals surface area (Å²) in [4.78, 5) is 17.3. The van der Waals surface area contributed by atoms with Crippen molar-refractivity contribution in [3.63, 3.8) is 0 Å². The average molecular weight is 387 g/mol. The van der Waals surface area contributed by atoms with Crippen LogP contribution in [0.2, 0.25) is 0 Å². The molecule has 0 radical (unpaired) electrons. The number of nitrogens with two attached hydrogens (primary N) is 1. The van der Waals surface area contributed by atoms with Gasteiger partial charge < -0.3 is 15.6 Å². The lowest BCUT2D eigenvalue weighted by molar-refractivity contribution is 0.402. The molecule has 4 rings (SSSR count). The number of nitrogens with zero attached hydrogens (tertiary/aromatic N) is 3. The largest absolute Gasteiger partial charge is 0.384 e. The highest BCUT2D eigenvalue weighted by molar-refractivity contribution is 5.84. The van der Waals surface area contributed by atoms with Crippen molar-refractivity contribution in [3.05, 3.63) is 44.7 Å². The Balaban J connectivity index is 2.14. The summed E-state index contributed by atoms with van der Waals surface area (Å²) in [5, 5.41) is 19.4. The third-order valence-corrected chi connectivity index (χ3v) is 6.65. The van der Waals surface area contributed by atoms with Crippen LogP contribution in [0.5, 0.6) is 0 Å². The SMILES string of the molecule is CC1(C)CCN2CCC(C)(C)c3cc(-c4c(C#N)c(N)[nH]c(=O)c4C#N)cc1c32. The van der Waals surface area contributed by atoms with E-state index in [4.69, 9.17) is 5.73 Å². The lowest BCUT2D eigenvalue weighted by atomic mass is 9.68. The Hall–Kier alpha value is -3.25. The predicted octanol–water partition coefficient (Wildman–Crippen LogP) is 3.54. The molecule has 0 fully saturated rings. The van der Waals surface area contributed by atoms with Crippen LogP contribution in [-0.2, 0) is 10.8 Å². The molecule has 1 aromatic heterocycles. The number of aromatic nitrogens is 1. The number of nitrogens with one attached hydrogen (secondary N) is 1. The molecule has 3 heterocycles. The van der Waals surface area contributed by atoms with Crippen LogP contribution in [0, 0.1) is 22.7 Å². The lowest BCUT2D eigenvalue weighted by Crippen LogP contribution is -2.44. The molecule has 0 amide bonds. The first-order valence-corrected chi connectivity index (χ1v) is 9.91. The molecule has 0 saturated carbocycles. The fourth-order valence-electron chi connectivity index (χ4n) is 4.72. The van der Waals surface area contributed by atoms with Gasteiger partial charge in [-0.1, -0.05) is 27.7 Å². The second-order valence-electron chi connectivity index (χ2n) is 9.39. The van der Waals surface area contributed by atoms with Crippen LogP contribution >= 0.6 is 0 Å². The van der Waals surface area contributed by atoms with Gasteiger partial charge in [0, 0.05) is 24.3 Å². The minimum Gasteiger partial charge on any atom is -0.384 e. The number of hydrogen-bond acceptors (Lipinski definition) is 5. The van der Waals surface area contributed by atoms with Crippen LogP contribution in [0.4, 0.5) is 11.5 Å². The van der Waals surface area contributed by atoms with Gasteiger partial charge >= 0.3 is 0 Å². The van der Waals surface area contributed by atoms with E-state index < -0.39 is 5.56 Å². The molecule has 0 saturated heterocycles. The Kier molecular flexibility index (Phi) is 4.03. The van der Waals surface area contributed by atoms with Gasteiger partial charge in [-0.2, -0.15) is 10.5 Å².